The fraction of sp³-hybridized carbons (Fsp3) is 0.0385. The van der Waals surface area contributed by atoms with Gasteiger partial charge < -0.3 is 34.1 Å². The largest absolute Gasteiger partial charge is 1.00 e. The fourth-order valence-corrected chi connectivity index (χ4v) is 6.51. The molecule has 0 fully saturated rings. The summed E-state index contributed by atoms with van der Waals surface area (Å²) in [4.78, 5) is 19.6. The normalized spacial score (nSPS) is 11.9. The Balaban J connectivity index is 0.00000351. The molecule has 0 radical (unpaired) electrons. The Hall–Kier alpha value is -2.59. The number of methoxy groups -OCH3 is 1. The second-order valence-electron chi connectivity index (χ2n) is 9.63. The van der Waals surface area contributed by atoms with Gasteiger partial charge in [0.2, 0.25) is 11.9 Å². The van der Waals surface area contributed by atoms with E-state index in [1.54, 1.807) is 0 Å². The van der Waals surface area contributed by atoms with Crippen molar-refractivity contribution in [3.8, 4) is 11.5 Å². The number of azo groups is 1. The van der Waals surface area contributed by atoms with Gasteiger partial charge in [-0.2, -0.15) is 9.97 Å². The van der Waals surface area contributed by atoms with Crippen LogP contribution in [0.15, 0.2) is 90.4 Å². The number of H-pyrrole nitrogens is 1. The van der Waals surface area contributed by atoms with E-state index in [1.165, 1.54) is 37.4 Å². The Kier molecular flexibility index (Phi) is 13.9. The Morgan fingerprint density at radius 2 is 1.43 bits per heavy atom. The van der Waals surface area contributed by atoms with Gasteiger partial charge in [-0.05, 0) is 66.0 Å². The molecule has 0 saturated carbocycles. The van der Waals surface area contributed by atoms with Crippen LogP contribution in [0, 0.1) is 0 Å². The van der Waals surface area contributed by atoms with Crippen molar-refractivity contribution in [2.45, 2.75) is 14.7 Å². The molecule has 5 aromatic rings. The number of hydrogen-bond donors (Lipinski definition) is 4. The standard InChI is InChI=1S/C26H20ClN7O12S3.K.Na/c1-46-15-4-7-18(20(11-15)48(40,41)42)33-34-22-21(49(43,44)45)9-12-8-13(2-5-16(12)23(22)35)28-24-30-25(32-26(36)31-24)29-14-3-6-17(27)19(10-14)47(37,38)39;;/h2-11,35H,1H3,(H,37,38,39)(H,40,41,42)(H,43,44,45)(H3,28,29,30,31,32,36);;/q;2*+1/p-3. The molecule has 1 aromatic heterocycles. The second-order valence-corrected chi connectivity index (χ2v) is 14.1. The van der Waals surface area contributed by atoms with Gasteiger partial charge in [0.05, 0.1) is 26.8 Å². The maximum atomic E-state index is 12.2. The van der Waals surface area contributed by atoms with E-state index in [2.05, 4.69) is 35.8 Å². The summed E-state index contributed by atoms with van der Waals surface area (Å²) in [6.45, 7) is 0. The predicted molar refractivity (Wildman–Crippen MR) is 167 cm³/mol. The molecular weight excluding hydrogens is 796 g/mol. The number of nitrogens with zero attached hydrogens (tertiary/aromatic N) is 4. The first kappa shape index (κ1) is 42.8. The first-order chi connectivity index (χ1) is 22.8. The summed E-state index contributed by atoms with van der Waals surface area (Å²) in [6, 6.07) is 11.2. The van der Waals surface area contributed by atoms with Crippen LogP contribution < -0.4 is 102 Å². The second kappa shape index (κ2) is 16.6. The van der Waals surface area contributed by atoms with Gasteiger partial charge in [-0.25, -0.2) is 30.0 Å². The Labute approximate surface area is 357 Å². The summed E-state index contributed by atoms with van der Waals surface area (Å²) in [6.07, 6.45) is 0. The van der Waals surface area contributed by atoms with Crippen molar-refractivity contribution in [1.82, 2.24) is 15.0 Å². The van der Waals surface area contributed by atoms with Crippen molar-refractivity contribution in [3.05, 3.63) is 76.2 Å². The molecule has 0 spiro atoms. The summed E-state index contributed by atoms with van der Waals surface area (Å²) in [5, 5.41) is 23.0. The number of halogens is 1. The fourth-order valence-electron chi connectivity index (χ4n) is 4.26. The van der Waals surface area contributed by atoms with Crippen LogP contribution >= 0.6 is 11.6 Å². The predicted octanol–water partition coefficient (Wildman–Crippen LogP) is -2.69. The Morgan fingerprint density at radius 3 is 2.06 bits per heavy atom. The van der Waals surface area contributed by atoms with Crippen LogP contribution in [0.5, 0.6) is 11.5 Å². The Bertz CT molecular complexity index is 2600. The number of aromatic amines is 1. The number of aromatic hydroxyl groups is 1. The zero-order valence-electron chi connectivity index (χ0n) is 26.1. The van der Waals surface area contributed by atoms with Gasteiger partial charge in [0, 0.05) is 16.8 Å². The van der Waals surface area contributed by atoms with Crippen LogP contribution in [-0.4, -0.2) is 66.1 Å². The number of aromatic nitrogens is 3. The van der Waals surface area contributed by atoms with Gasteiger partial charge in [0.25, 0.3) is 0 Å². The molecule has 0 bridgehead atoms. The minimum atomic E-state index is -5.36. The van der Waals surface area contributed by atoms with E-state index >= 15 is 0 Å². The van der Waals surface area contributed by atoms with Crippen LogP contribution in [0.25, 0.3) is 10.8 Å². The third kappa shape index (κ3) is 10.3. The van der Waals surface area contributed by atoms with Gasteiger partial charge in [-0.1, -0.05) is 11.6 Å². The Morgan fingerprint density at radius 1 is 0.804 bits per heavy atom. The molecule has 0 atom stereocenters. The monoisotopic (exact) mass is 812 g/mol. The number of fused-ring (bicyclic) bond motifs is 1. The smallest absolute Gasteiger partial charge is 0.744 e. The number of phenols is 1. The number of benzene rings is 4. The summed E-state index contributed by atoms with van der Waals surface area (Å²) >= 11 is 5.78. The maximum Gasteiger partial charge on any atom is 1.00 e. The van der Waals surface area contributed by atoms with Crippen LogP contribution in [0.2, 0.25) is 5.02 Å². The SMILES string of the molecule is COc1ccc(N=Nc2c(S(=O)(=O)[O-])cc3cc(Nc4nc(Nc5ccc(Cl)c(S(=O)(=O)[O-])c5)[nH]c(=O)n4)ccc3c2O)c(S(=O)(=O)[O-])c1.[K+].[Na+]. The number of ether oxygens (including phenoxy) is 1. The number of hydrogen-bond acceptors (Lipinski definition) is 18. The van der Waals surface area contributed by atoms with Gasteiger partial charge in [-0.3, -0.25) is 4.98 Å². The molecule has 0 saturated heterocycles. The number of rotatable bonds is 10. The van der Waals surface area contributed by atoms with E-state index in [9.17, 15) is 48.8 Å². The summed E-state index contributed by atoms with van der Waals surface area (Å²) in [5.74, 6) is -1.44. The molecule has 19 nitrogen and oxygen atoms in total. The molecule has 0 aliphatic rings. The molecule has 0 aliphatic carbocycles. The van der Waals surface area contributed by atoms with E-state index in [1.807, 2.05) is 0 Å². The zero-order valence-corrected chi connectivity index (χ0v) is 34.4. The number of phenolic OH excluding ortho intramolecular Hbond substituents is 1. The van der Waals surface area contributed by atoms with Crippen LogP contribution in [0.1, 0.15) is 0 Å². The minimum absolute atomic E-state index is 0. The molecule has 0 amide bonds. The van der Waals surface area contributed by atoms with Gasteiger partial charge >= 0.3 is 86.6 Å². The summed E-state index contributed by atoms with van der Waals surface area (Å²) in [7, 11) is -14.2. The molecular formula is C26H17ClKN7NaO12S3-. The minimum Gasteiger partial charge on any atom is -0.744 e. The summed E-state index contributed by atoms with van der Waals surface area (Å²) in [5.41, 5.74) is -2.19. The van der Waals surface area contributed by atoms with Gasteiger partial charge in [0.15, 0.2) is 5.75 Å². The van der Waals surface area contributed by atoms with E-state index < -0.39 is 67.9 Å². The van der Waals surface area contributed by atoms with Crippen molar-refractivity contribution in [2.24, 2.45) is 10.2 Å². The van der Waals surface area contributed by atoms with Gasteiger partial charge in [-0.15, -0.1) is 10.2 Å². The molecule has 51 heavy (non-hydrogen) atoms. The number of nitrogens with one attached hydrogen (secondary N) is 3. The van der Waals surface area contributed by atoms with E-state index in [0.29, 0.717) is 0 Å². The third-order valence-corrected chi connectivity index (χ3v) is 9.42. The first-order valence-electron chi connectivity index (χ1n) is 12.9. The van der Waals surface area contributed by atoms with Crippen molar-refractivity contribution >= 4 is 87.4 Å². The maximum absolute atomic E-state index is 12.2. The average Bonchev–Trinajstić information content (AvgIpc) is 2.99. The first-order valence-corrected chi connectivity index (χ1v) is 17.5. The molecule has 0 aliphatic heterocycles. The van der Waals surface area contributed by atoms with Crippen LogP contribution in [0.3, 0.4) is 0 Å². The number of anilines is 4. The third-order valence-electron chi connectivity index (χ3n) is 6.38. The topological polar surface area (TPSA) is 308 Å². The van der Waals surface area contributed by atoms with Crippen molar-refractivity contribution in [2.75, 3.05) is 17.7 Å². The van der Waals surface area contributed by atoms with E-state index in [-0.39, 0.29) is 126 Å². The van der Waals surface area contributed by atoms with E-state index in [0.717, 1.165) is 30.3 Å². The van der Waals surface area contributed by atoms with Crippen LogP contribution in [0.4, 0.5) is 34.6 Å². The quantitative estimate of drug-likeness (QED) is 0.0634. The van der Waals surface area contributed by atoms with Crippen molar-refractivity contribution in [3.63, 3.8) is 0 Å². The molecule has 256 valence electrons. The molecule has 4 aromatic carbocycles. The zero-order chi connectivity index (χ0) is 35.9. The molecule has 0 unspecified atom stereocenters. The van der Waals surface area contributed by atoms with Crippen molar-refractivity contribution in [1.29, 1.82) is 0 Å². The molecule has 4 N–H and O–H groups in total. The van der Waals surface area contributed by atoms with Crippen molar-refractivity contribution < 1.29 is 130 Å². The van der Waals surface area contributed by atoms with Crippen LogP contribution in [-0.2, 0) is 30.4 Å². The summed E-state index contributed by atoms with van der Waals surface area (Å²) < 4.78 is 111. The molecule has 5 rings (SSSR count). The molecule has 1 heterocycles. The molecule has 25 heteroatoms. The van der Waals surface area contributed by atoms with Gasteiger partial charge in [0.1, 0.15) is 47.5 Å². The van der Waals surface area contributed by atoms with E-state index in [4.69, 9.17) is 16.3 Å². The average molecular weight is 813 g/mol.